The second-order valence-electron chi connectivity index (χ2n) is 4.71. The van der Waals surface area contributed by atoms with Crippen molar-refractivity contribution in [2.75, 3.05) is 12.3 Å². The predicted molar refractivity (Wildman–Crippen MR) is 74.6 cm³/mol. The monoisotopic (exact) mass is 304 g/mol. The number of nitrogens with one attached hydrogen (secondary N) is 1. The molecule has 7 heteroatoms. The van der Waals surface area contributed by atoms with E-state index in [4.69, 9.17) is 22.1 Å². The highest BCUT2D eigenvalue weighted by Crippen LogP contribution is 2.23. The Kier molecular flexibility index (Phi) is 4.35. The van der Waals surface area contributed by atoms with Crippen LogP contribution in [0.25, 0.3) is 0 Å². The average molecular weight is 305 g/mol. The van der Waals surface area contributed by atoms with E-state index in [-0.39, 0.29) is 22.7 Å². The Bertz CT molecular complexity index is 562. The first kappa shape index (κ1) is 14.6. The highest BCUT2D eigenvalue weighted by molar-refractivity contribution is 7.89. The summed E-state index contributed by atoms with van der Waals surface area (Å²) in [5.74, 6) is 0. The van der Waals surface area contributed by atoms with E-state index in [1.54, 1.807) is 0 Å². The number of nitrogen functional groups attached to an aromatic ring is 1. The number of benzene rings is 1. The van der Waals surface area contributed by atoms with E-state index in [0.717, 1.165) is 0 Å². The largest absolute Gasteiger partial charge is 0.398 e. The third-order valence-electron chi connectivity index (χ3n) is 3.07. The summed E-state index contributed by atoms with van der Waals surface area (Å²) in [5.41, 5.74) is 5.86. The third-order valence-corrected chi connectivity index (χ3v) is 4.90. The van der Waals surface area contributed by atoms with Crippen molar-refractivity contribution < 1.29 is 13.2 Å². The van der Waals surface area contributed by atoms with Gasteiger partial charge >= 0.3 is 0 Å². The normalized spacial score (nSPS) is 24.3. The molecule has 2 atom stereocenters. The number of ether oxygens (including phenoxy) is 1. The molecule has 3 N–H and O–H groups in total. The molecule has 0 aromatic heterocycles. The van der Waals surface area contributed by atoms with Gasteiger partial charge in [0.1, 0.15) is 4.90 Å². The lowest BCUT2D eigenvalue weighted by atomic mass is 10.1. The molecule has 2 unspecified atom stereocenters. The molecule has 1 aliphatic heterocycles. The number of hydrogen-bond acceptors (Lipinski definition) is 4. The molecule has 5 nitrogen and oxygen atoms in total. The molecule has 1 aliphatic rings. The van der Waals surface area contributed by atoms with Crippen LogP contribution < -0.4 is 10.5 Å². The minimum absolute atomic E-state index is 0.0593. The van der Waals surface area contributed by atoms with Crippen LogP contribution in [-0.2, 0) is 14.8 Å². The minimum Gasteiger partial charge on any atom is -0.398 e. The van der Waals surface area contributed by atoms with Crippen molar-refractivity contribution >= 4 is 27.3 Å². The number of hydrogen-bond donors (Lipinski definition) is 2. The number of sulfonamides is 1. The summed E-state index contributed by atoms with van der Waals surface area (Å²) >= 11 is 5.77. The molecule has 1 aromatic rings. The average Bonchev–Trinajstić information content (AvgIpc) is 2.27. The molecule has 0 saturated carbocycles. The van der Waals surface area contributed by atoms with Gasteiger partial charge < -0.3 is 10.5 Å². The lowest BCUT2D eigenvalue weighted by molar-refractivity contribution is 0.0173. The molecule has 19 heavy (non-hydrogen) atoms. The van der Waals surface area contributed by atoms with E-state index < -0.39 is 10.0 Å². The van der Waals surface area contributed by atoms with Crippen molar-refractivity contribution in [3.8, 4) is 0 Å². The number of anilines is 1. The Morgan fingerprint density at radius 3 is 2.84 bits per heavy atom. The van der Waals surface area contributed by atoms with Crippen molar-refractivity contribution in [2.45, 2.75) is 36.8 Å². The fourth-order valence-electron chi connectivity index (χ4n) is 2.15. The number of nitrogens with two attached hydrogens (primary N) is 1. The van der Waals surface area contributed by atoms with Gasteiger partial charge in [0.15, 0.2) is 0 Å². The van der Waals surface area contributed by atoms with Crippen LogP contribution in [0.15, 0.2) is 23.1 Å². The summed E-state index contributed by atoms with van der Waals surface area (Å²) in [6.45, 7) is 2.49. The minimum atomic E-state index is -3.62. The molecule has 0 spiro atoms. The van der Waals surface area contributed by atoms with Gasteiger partial charge in [-0.2, -0.15) is 0 Å². The molecular weight excluding hydrogens is 288 g/mol. The van der Waals surface area contributed by atoms with Gasteiger partial charge in [-0.15, -0.1) is 0 Å². The molecule has 0 bridgehead atoms. The summed E-state index contributed by atoms with van der Waals surface area (Å²) in [4.78, 5) is 0.0658. The molecule has 0 radical (unpaired) electrons. The number of halogens is 1. The Balaban J connectivity index is 2.18. The van der Waals surface area contributed by atoms with Crippen LogP contribution in [0.4, 0.5) is 5.69 Å². The first-order valence-electron chi connectivity index (χ1n) is 6.07. The molecule has 0 amide bonds. The summed E-state index contributed by atoms with van der Waals surface area (Å²) < 4.78 is 32.6. The molecule has 1 saturated heterocycles. The molecule has 1 heterocycles. The highest BCUT2D eigenvalue weighted by atomic mass is 35.5. The Labute approximate surface area is 118 Å². The molecule has 2 rings (SSSR count). The van der Waals surface area contributed by atoms with E-state index in [0.29, 0.717) is 24.5 Å². The summed E-state index contributed by atoms with van der Waals surface area (Å²) in [5, 5.41) is 0.413. The van der Waals surface area contributed by atoms with Gasteiger partial charge in [-0.1, -0.05) is 11.6 Å². The third kappa shape index (κ3) is 3.60. The summed E-state index contributed by atoms with van der Waals surface area (Å²) in [6.07, 6.45) is 1.38. The van der Waals surface area contributed by atoms with E-state index in [9.17, 15) is 8.42 Å². The zero-order valence-corrected chi connectivity index (χ0v) is 12.2. The van der Waals surface area contributed by atoms with Crippen molar-refractivity contribution in [1.29, 1.82) is 0 Å². The molecule has 106 valence electrons. The standard InChI is InChI=1S/C12H17ClN2O3S/c1-8-6-10(4-5-18-8)15-19(16,17)12-3-2-9(13)7-11(12)14/h2-3,7-8,10,15H,4-6,14H2,1H3. The smallest absolute Gasteiger partial charge is 0.242 e. The van der Waals surface area contributed by atoms with E-state index in [1.807, 2.05) is 6.92 Å². The van der Waals surface area contributed by atoms with Crippen LogP contribution in [0.1, 0.15) is 19.8 Å². The van der Waals surface area contributed by atoms with Gasteiger partial charge in [0.25, 0.3) is 0 Å². The molecule has 1 fully saturated rings. The molecule has 0 aliphatic carbocycles. The van der Waals surface area contributed by atoms with E-state index in [2.05, 4.69) is 4.72 Å². The molecule has 1 aromatic carbocycles. The molecular formula is C12H17ClN2O3S. The van der Waals surface area contributed by atoms with Gasteiger partial charge in [0, 0.05) is 17.7 Å². The maximum absolute atomic E-state index is 12.3. The summed E-state index contributed by atoms with van der Waals surface area (Å²) in [6, 6.07) is 4.24. The Morgan fingerprint density at radius 2 is 2.21 bits per heavy atom. The predicted octanol–water partition coefficient (Wildman–Crippen LogP) is 1.77. The van der Waals surface area contributed by atoms with Crippen LogP contribution in [-0.4, -0.2) is 27.2 Å². The van der Waals surface area contributed by atoms with Crippen LogP contribution in [0.2, 0.25) is 5.02 Å². The fourth-order valence-corrected chi connectivity index (χ4v) is 3.73. The quantitative estimate of drug-likeness (QED) is 0.834. The van der Waals surface area contributed by atoms with Crippen molar-refractivity contribution in [3.05, 3.63) is 23.2 Å². The zero-order chi connectivity index (χ0) is 14.0. The number of rotatable bonds is 3. The highest BCUT2D eigenvalue weighted by Gasteiger charge is 2.26. The fraction of sp³-hybridized carbons (Fsp3) is 0.500. The van der Waals surface area contributed by atoms with Gasteiger partial charge in [0.05, 0.1) is 11.8 Å². The van der Waals surface area contributed by atoms with Crippen molar-refractivity contribution in [3.63, 3.8) is 0 Å². The van der Waals surface area contributed by atoms with Crippen LogP contribution in [0.5, 0.6) is 0 Å². The second-order valence-corrected chi connectivity index (χ2v) is 6.82. The SMILES string of the molecule is CC1CC(NS(=O)(=O)c2ccc(Cl)cc2N)CCO1. The van der Waals surface area contributed by atoms with E-state index >= 15 is 0 Å². The van der Waals surface area contributed by atoms with Crippen molar-refractivity contribution in [1.82, 2.24) is 4.72 Å². The Morgan fingerprint density at radius 1 is 1.47 bits per heavy atom. The topological polar surface area (TPSA) is 81.4 Å². The Hall–Kier alpha value is -0.820. The zero-order valence-electron chi connectivity index (χ0n) is 10.6. The maximum atomic E-state index is 12.3. The van der Waals surface area contributed by atoms with Crippen LogP contribution in [0, 0.1) is 0 Å². The first-order chi connectivity index (χ1) is 8.88. The maximum Gasteiger partial charge on any atom is 0.242 e. The van der Waals surface area contributed by atoms with Crippen LogP contribution in [0.3, 0.4) is 0 Å². The van der Waals surface area contributed by atoms with Gasteiger partial charge in [-0.3, -0.25) is 0 Å². The van der Waals surface area contributed by atoms with Gasteiger partial charge in [0.2, 0.25) is 10.0 Å². The van der Waals surface area contributed by atoms with Crippen molar-refractivity contribution in [2.24, 2.45) is 0 Å². The van der Waals surface area contributed by atoms with Gasteiger partial charge in [-0.05, 0) is 38.0 Å². The van der Waals surface area contributed by atoms with Crippen LogP contribution >= 0.6 is 11.6 Å². The second kappa shape index (κ2) is 5.66. The lowest BCUT2D eigenvalue weighted by Crippen LogP contribution is -2.41. The summed E-state index contributed by atoms with van der Waals surface area (Å²) in [7, 11) is -3.62. The lowest BCUT2D eigenvalue weighted by Gasteiger charge is -2.27. The van der Waals surface area contributed by atoms with E-state index in [1.165, 1.54) is 18.2 Å². The van der Waals surface area contributed by atoms with Gasteiger partial charge in [-0.25, -0.2) is 13.1 Å². The first-order valence-corrected chi connectivity index (χ1v) is 7.93.